The van der Waals surface area contributed by atoms with Crippen LogP contribution in [0.3, 0.4) is 0 Å². The van der Waals surface area contributed by atoms with Gasteiger partial charge in [0.05, 0.1) is 5.56 Å². The van der Waals surface area contributed by atoms with Crippen LogP contribution in [0.4, 0.5) is 13.2 Å². The van der Waals surface area contributed by atoms with Crippen molar-refractivity contribution in [2.24, 2.45) is 5.73 Å². The molecule has 1 aromatic heterocycles. The fourth-order valence-corrected chi connectivity index (χ4v) is 1.88. The van der Waals surface area contributed by atoms with Gasteiger partial charge in [-0.1, -0.05) is 11.6 Å². The number of rotatable bonds is 2. The average molecular weight is 301 g/mol. The molecule has 7 heteroatoms. The number of alkyl halides is 3. The summed E-state index contributed by atoms with van der Waals surface area (Å²) in [4.78, 5) is 14.8. The Bertz CT molecular complexity index is 671. The van der Waals surface area contributed by atoms with Gasteiger partial charge in [0.25, 0.3) is 5.91 Å². The molecule has 0 saturated heterocycles. The lowest BCUT2D eigenvalue weighted by Crippen LogP contribution is -2.12. The molecule has 2 rings (SSSR count). The highest BCUT2D eigenvalue weighted by Gasteiger charge is 2.31. The molecular formula is C13H8ClF3N2O. The number of nitrogens with two attached hydrogens (primary N) is 1. The molecule has 0 aliphatic rings. The van der Waals surface area contributed by atoms with E-state index in [0.29, 0.717) is 5.56 Å². The zero-order valence-electron chi connectivity index (χ0n) is 9.91. The summed E-state index contributed by atoms with van der Waals surface area (Å²) in [5.74, 6) is -0.769. The molecule has 0 bridgehead atoms. The number of hydrogen-bond acceptors (Lipinski definition) is 2. The molecule has 0 aliphatic carbocycles. The Morgan fingerprint density at radius 2 is 1.90 bits per heavy atom. The van der Waals surface area contributed by atoms with Crippen molar-refractivity contribution in [2.75, 3.05) is 0 Å². The van der Waals surface area contributed by atoms with Crippen LogP contribution in [0.1, 0.15) is 16.1 Å². The average Bonchev–Trinajstić information content (AvgIpc) is 2.38. The maximum atomic E-state index is 12.7. The lowest BCUT2D eigenvalue weighted by atomic mass is 10.0. The van der Waals surface area contributed by atoms with Gasteiger partial charge in [-0.2, -0.15) is 13.2 Å². The molecule has 0 unspecified atom stereocenters. The maximum absolute atomic E-state index is 12.7. The Labute approximate surface area is 117 Å². The van der Waals surface area contributed by atoms with Gasteiger partial charge in [0.2, 0.25) is 0 Å². The van der Waals surface area contributed by atoms with E-state index in [2.05, 4.69) is 4.98 Å². The first-order valence-electron chi connectivity index (χ1n) is 5.42. The van der Waals surface area contributed by atoms with Crippen LogP contribution in [0.5, 0.6) is 0 Å². The Kier molecular flexibility index (Phi) is 3.67. The molecule has 0 radical (unpaired) electrons. The first kappa shape index (κ1) is 14.3. The minimum absolute atomic E-state index is 0.0454. The third-order valence-corrected chi connectivity index (χ3v) is 2.95. The van der Waals surface area contributed by atoms with E-state index < -0.39 is 17.6 Å². The van der Waals surface area contributed by atoms with E-state index in [9.17, 15) is 18.0 Å². The van der Waals surface area contributed by atoms with Crippen molar-refractivity contribution in [3.05, 3.63) is 52.8 Å². The zero-order chi connectivity index (χ0) is 14.9. The first-order valence-corrected chi connectivity index (χ1v) is 5.80. The predicted molar refractivity (Wildman–Crippen MR) is 68.2 cm³/mol. The van der Waals surface area contributed by atoms with E-state index in [1.807, 2.05) is 0 Å². The van der Waals surface area contributed by atoms with Crippen LogP contribution in [0.25, 0.3) is 11.1 Å². The second kappa shape index (κ2) is 5.13. The quantitative estimate of drug-likeness (QED) is 0.922. The number of amides is 1. The third-order valence-electron chi connectivity index (χ3n) is 2.62. The van der Waals surface area contributed by atoms with Crippen molar-refractivity contribution in [3.63, 3.8) is 0 Å². The largest absolute Gasteiger partial charge is 0.416 e. The number of aromatic nitrogens is 1. The molecule has 104 valence electrons. The van der Waals surface area contributed by atoms with E-state index in [1.165, 1.54) is 18.3 Å². The SMILES string of the molecule is NC(=O)c1cc(-c2cc(C(F)(F)F)ccc2Cl)ccn1. The Hall–Kier alpha value is -2.08. The number of carbonyl (C=O) groups excluding carboxylic acids is 1. The number of halogens is 4. The summed E-state index contributed by atoms with van der Waals surface area (Å²) < 4.78 is 38.1. The molecule has 1 heterocycles. The number of carbonyl (C=O) groups is 1. The van der Waals surface area contributed by atoms with Crippen molar-refractivity contribution < 1.29 is 18.0 Å². The van der Waals surface area contributed by atoms with Crippen LogP contribution in [0.15, 0.2) is 36.5 Å². The minimum Gasteiger partial charge on any atom is -0.364 e. The number of primary amides is 1. The maximum Gasteiger partial charge on any atom is 0.416 e. The molecule has 20 heavy (non-hydrogen) atoms. The number of hydrogen-bond donors (Lipinski definition) is 1. The Morgan fingerprint density at radius 3 is 2.50 bits per heavy atom. The summed E-state index contributed by atoms with van der Waals surface area (Å²) >= 11 is 5.91. The molecule has 2 N–H and O–H groups in total. The van der Waals surface area contributed by atoms with Crippen molar-refractivity contribution in [1.29, 1.82) is 0 Å². The highest BCUT2D eigenvalue weighted by Crippen LogP contribution is 2.35. The monoisotopic (exact) mass is 300 g/mol. The van der Waals surface area contributed by atoms with Crippen LogP contribution >= 0.6 is 11.6 Å². The summed E-state index contributed by atoms with van der Waals surface area (Å²) in [6, 6.07) is 5.71. The second-order valence-corrected chi connectivity index (χ2v) is 4.39. The van der Waals surface area contributed by atoms with Crippen molar-refractivity contribution >= 4 is 17.5 Å². The number of nitrogens with zero attached hydrogens (tertiary/aromatic N) is 1. The van der Waals surface area contributed by atoms with E-state index in [1.54, 1.807) is 0 Å². The summed E-state index contributed by atoms with van der Waals surface area (Å²) in [7, 11) is 0. The number of pyridine rings is 1. The van der Waals surface area contributed by atoms with E-state index in [0.717, 1.165) is 18.2 Å². The van der Waals surface area contributed by atoms with Crippen molar-refractivity contribution in [1.82, 2.24) is 4.98 Å². The van der Waals surface area contributed by atoms with Gasteiger partial charge >= 0.3 is 6.18 Å². The molecule has 1 aromatic carbocycles. The molecule has 0 aliphatic heterocycles. The van der Waals surface area contributed by atoms with E-state index in [4.69, 9.17) is 17.3 Å². The number of benzene rings is 1. The van der Waals surface area contributed by atoms with Crippen molar-refractivity contribution in [3.8, 4) is 11.1 Å². The third kappa shape index (κ3) is 2.91. The van der Waals surface area contributed by atoms with Crippen LogP contribution in [0.2, 0.25) is 5.02 Å². The fourth-order valence-electron chi connectivity index (χ4n) is 1.66. The molecule has 0 saturated carbocycles. The zero-order valence-corrected chi connectivity index (χ0v) is 10.7. The highest BCUT2D eigenvalue weighted by molar-refractivity contribution is 6.33. The van der Waals surface area contributed by atoms with E-state index >= 15 is 0 Å². The summed E-state index contributed by atoms with van der Waals surface area (Å²) in [5, 5.41) is 0.139. The predicted octanol–water partition coefficient (Wildman–Crippen LogP) is 3.52. The highest BCUT2D eigenvalue weighted by atomic mass is 35.5. The summed E-state index contributed by atoms with van der Waals surface area (Å²) in [6.45, 7) is 0. The lowest BCUT2D eigenvalue weighted by molar-refractivity contribution is -0.137. The molecule has 0 spiro atoms. The molecule has 1 amide bonds. The van der Waals surface area contributed by atoms with Gasteiger partial charge in [-0.15, -0.1) is 0 Å². The van der Waals surface area contributed by atoms with Gasteiger partial charge < -0.3 is 5.73 Å². The smallest absolute Gasteiger partial charge is 0.364 e. The normalized spacial score (nSPS) is 11.4. The molecule has 2 aromatic rings. The van der Waals surface area contributed by atoms with Crippen LogP contribution < -0.4 is 5.73 Å². The van der Waals surface area contributed by atoms with Crippen molar-refractivity contribution in [2.45, 2.75) is 6.18 Å². The second-order valence-electron chi connectivity index (χ2n) is 3.99. The molecule has 3 nitrogen and oxygen atoms in total. The minimum atomic E-state index is -4.47. The first-order chi connectivity index (χ1) is 9.29. The topological polar surface area (TPSA) is 56.0 Å². The Balaban J connectivity index is 2.57. The van der Waals surface area contributed by atoms with Gasteiger partial charge in [0, 0.05) is 16.8 Å². The molecular weight excluding hydrogens is 293 g/mol. The molecule has 0 atom stereocenters. The standard InChI is InChI=1S/C13H8ClF3N2O/c14-10-2-1-8(13(15,16)17)6-9(10)7-3-4-19-11(5-7)12(18)20/h1-6H,(H2,18,20). The van der Waals surface area contributed by atoms with Crippen LogP contribution in [0, 0.1) is 0 Å². The lowest BCUT2D eigenvalue weighted by Gasteiger charge is -2.11. The summed E-state index contributed by atoms with van der Waals surface area (Å²) in [5.41, 5.74) is 4.71. The summed E-state index contributed by atoms with van der Waals surface area (Å²) in [6.07, 6.45) is -3.19. The Morgan fingerprint density at radius 1 is 1.20 bits per heavy atom. The van der Waals surface area contributed by atoms with Gasteiger partial charge in [-0.05, 0) is 35.9 Å². The molecule has 0 fully saturated rings. The van der Waals surface area contributed by atoms with Gasteiger partial charge in [0.15, 0.2) is 0 Å². The fraction of sp³-hybridized carbons (Fsp3) is 0.0769. The van der Waals surface area contributed by atoms with Crippen LogP contribution in [-0.2, 0) is 6.18 Å². The van der Waals surface area contributed by atoms with Gasteiger partial charge in [-0.25, -0.2) is 0 Å². The van der Waals surface area contributed by atoms with Gasteiger partial charge in [0.1, 0.15) is 5.69 Å². The van der Waals surface area contributed by atoms with Gasteiger partial charge in [-0.3, -0.25) is 9.78 Å². The van der Waals surface area contributed by atoms with E-state index in [-0.39, 0.29) is 16.3 Å². The van der Waals surface area contributed by atoms with Crippen LogP contribution in [-0.4, -0.2) is 10.9 Å².